The molecule has 176 valence electrons. The first-order valence-electron chi connectivity index (χ1n) is 10.1. The van der Waals surface area contributed by atoms with Gasteiger partial charge in [0.15, 0.2) is 24.0 Å². The van der Waals surface area contributed by atoms with E-state index in [4.69, 9.17) is 4.74 Å². The van der Waals surface area contributed by atoms with Gasteiger partial charge in [-0.25, -0.2) is 0 Å². The number of rotatable bonds is 12. The van der Waals surface area contributed by atoms with E-state index in [2.05, 4.69) is 152 Å². The molecule has 29 heavy (non-hydrogen) atoms. The molecule has 0 heterocycles. The maximum atomic E-state index is 7.07. The van der Waals surface area contributed by atoms with Gasteiger partial charge in [-0.15, -0.1) is 0 Å². The number of hydrogen-bond acceptors (Lipinski definition) is 9. The highest BCUT2D eigenvalue weighted by atomic mass is 16.5. The van der Waals surface area contributed by atoms with Crippen molar-refractivity contribution < 1.29 is 4.74 Å². The van der Waals surface area contributed by atoms with Gasteiger partial charge in [-0.3, -0.25) is 39.2 Å². The summed E-state index contributed by atoms with van der Waals surface area (Å²) in [5.74, 6) is -0.983. The van der Waals surface area contributed by atoms with Gasteiger partial charge < -0.3 is 4.74 Å². The standard InChI is InChI=1S/C20H50N8O/c1-21(2)17(19(23(5)6,24(7)8)25(9)10)29-18(22(3)4)20(26(11)12,27(13)14)28(15)16/h17-18H,1-16H3. The molecule has 0 aliphatic carbocycles. The second kappa shape index (κ2) is 10.8. The normalized spacial score (nSPS) is 16.6. The van der Waals surface area contributed by atoms with Crippen LogP contribution >= 0.6 is 0 Å². The van der Waals surface area contributed by atoms with Crippen LogP contribution in [0.4, 0.5) is 0 Å². The Bertz CT molecular complexity index is 392. The fourth-order valence-electron chi connectivity index (χ4n) is 4.97. The minimum Gasteiger partial charge on any atom is -0.335 e. The van der Waals surface area contributed by atoms with Gasteiger partial charge in [0.25, 0.3) is 0 Å². The first-order chi connectivity index (χ1) is 13.0. The number of nitrogens with zero attached hydrogens (tertiary/aromatic N) is 8. The molecular formula is C20H50N8O. The Morgan fingerprint density at radius 3 is 0.655 bits per heavy atom. The average Bonchev–Trinajstić information content (AvgIpc) is 2.50. The van der Waals surface area contributed by atoms with Gasteiger partial charge in [-0.05, 0) is 113 Å². The van der Waals surface area contributed by atoms with E-state index in [1.54, 1.807) is 0 Å². The van der Waals surface area contributed by atoms with Gasteiger partial charge in [-0.2, -0.15) is 0 Å². The molecule has 0 fully saturated rings. The Morgan fingerprint density at radius 2 is 0.552 bits per heavy atom. The summed E-state index contributed by atoms with van der Waals surface area (Å²) in [7, 11) is 33.5. The largest absolute Gasteiger partial charge is 0.335 e. The summed E-state index contributed by atoms with van der Waals surface area (Å²) in [6.45, 7) is 0. The molecule has 0 rings (SSSR count). The smallest absolute Gasteiger partial charge is 0.171 e. The van der Waals surface area contributed by atoms with Gasteiger partial charge >= 0.3 is 0 Å². The molecular weight excluding hydrogens is 368 g/mol. The van der Waals surface area contributed by atoms with Crippen LogP contribution in [0.3, 0.4) is 0 Å². The lowest BCUT2D eigenvalue weighted by Gasteiger charge is -2.59. The van der Waals surface area contributed by atoms with E-state index in [0.717, 1.165) is 0 Å². The van der Waals surface area contributed by atoms with E-state index in [1.165, 1.54) is 0 Å². The van der Waals surface area contributed by atoms with Crippen molar-refractivity contribution in [2.75, 3.05) is 113 Å². The topological polar surface area (TPSA) is 35.2 Å². The van der Waals surface area contributed by atoms with Crippen LogP contribution in [-0.2, 0) is 4.74 Å². The van der Waals surface area contributed by atoms with Crippen molar-refractivity contribution >= 4 is 0 Å². The highest BCUT2D eigenvalue weighted by Gasteiger charge is 2.54. The van der Waals surface area contributed by atoms with Crippen LogP contribution in [0.15, 0.2) is 0 Å². The number of likely N-dealkylation sites (N-methyl/N-ethyl adjacent to an activating group) is 8. The molecule has 9 heteroatoms. The number of hydrogen-bond donors (Lipinski definition) is 0. The monoisotopic (exact) mass is 418 g/mol. The van der Waals surface area contributed by atoms with E-state index in [9.17, 15) is 0 Å². The van der Waals surface area contributed by atoms with Gasteiger partial charge in [0.2, 0.25) is 0 Å². The summed E-state index contributed by atoms with van der Waals surface area (Å²) in [6, 6.07) is 0. The summed E-state index contributed by atoms with van der Waals surface area (Å²) in [4.78, 5) is 17.6. The SMILES string of the molecule is CN(C)C(OC(N(C)C)C(N(C)C)(N(C)C)N(C)C)C(N(C)C)(N(C)C)N(C)C. The lowest BCUT2D eigenvalue weighted by Crippen LogP contribution is -2.78. The van der Waals surface area contributed by atoms with Crippen LogP contribution in [0.5, 0.6) is 0 Å². The molecule has 2 unspecified atom stereocenters. The second-order valence-electron chi connectivity index (χ2n) is 9.51. The molecule has 0 aromatic rings. The highest BCUT2D eigenvalue weighted by Crippen LogP contribution is 2.33. The van der Waals surface area contributed by atoms with E-state index in [0.29, 0.717) is 0 Å². The highest BCUT2D eigenvalue weighted by molar-refractivity contribution is 4.95. The zero-order valence-corrected chi connectivity index (χ0v) is 22.1. The van der Waals surface area contributed by atoms with Crippen LogP contribution in [-0.4, -0.2) is 176 Å². The lowest BCUT2D eigenvalue weighted by atomic mass is 10.1. The molecule has 0 saturated carbocycles. The molecule has 0 N–H and O–H groups in total. The first kappa shape index (κ1) is 28.6. The quantitative estimate of drug-likeness (QED) is 0.388. The predicted molar refractivity (Wildman–Crippen MR) is 124 cm³/mol. The maximum Gasteiger partial charge on any atom is 0.171 e. The molecule has 0 aromatic heterocycles. The molecule has 0 spiro atoms. The Balaban J connectivity index is 6.74. The third-order valence-corrected chi connectivity index (χ3v) is 5.81. The summed E-state index contributed by atoms with van der Waals surface area (Å²) in [6.07, 6.45) is -0.511. The third-order valence-electron chi connectivity index (χ3n) is 5.81. The summed E-state index contributed by atoms with van der Waals surface area (Å²) < 4.78 is 7.07. The van der Waals surface area contributed by atoms with E-state index < -0.39 is 11.6 Å². The zero-order valence-electron chi connectivity index (χ0n) is 22.1. The Labute approximate surface area is 181 Å². The van der Waals surface area contributed by atoms with Gasteiger partial charge in [0.1, 0.15) is 0 Å². The summed E-state index contributed by atoms with van der Waals surface area (Å²) >= 11 is 0. The van der Waals surface area contributed by atoms with Crippen molar-refractivity contribution in [1.82, 2.24) is 39.2 Å². The number of ether oxygens (including phenoxy) is 1. The second-order valence-corrected chi connectivity index (χ2v) is 9.51. The minimum absolute atomic E-state index is 0.255. The minimum atomic E-state index is -0.492. The van der Waals surface area contributed by atoms with E-state index in [-0.39, 0.29) is 12.5 Å². The molecule has 2 atom stereocenters. The molecule has 0 aliphatic rings. The Hall–Kier alpha value is -0.360. The van der Waals surface area contributed by atoms with Crippen molar-refractivity contribution in [1.29, 1.82) is 0 Å². The van der Waals surface area contributed by atoms with E-state index >= 15 is 0 Å². The van der Waals surface area contributed by atoms with Gasteiger partial charge in [0, 0.05) is 0 Å². The van der Waals surface area contributed by atoms with Crippen LogP contribution in [0, 0.1) is 0 Å². The molecule has 0 aromatic carbocycles. The lowest BCUT2D eigenvalue weighted by molar-refractivity contribution is -0.314. The molecule has 0 amide bonds. The molecule has 0 saturated heterocycles. The fourth-order valence-corrected chi connectivity index (χ4v) is 4.97. The van der Waals surface area contributed by atoms with Crippen molar-refractivity contribution in [2.45, 2.75) is 24.0 Å². The Kier molecular flexibility index (Phi) is 10.7. The molecule has 9 nitrogen and oxygen atoms in total. The molecule has 0 radical (unpaired) electrons. The maximum absolute atomic E-state index is 7.07. The summed E-state index contributed by atoms with van der Waals surface area (Å²) in [5, 5.41) is 0. The summed E-state index contributed by atoms with van der Waals surface area (Å²) in [5.41, 5.74) is 0. The van der Waals surface area contributed by atoms with Crippen molar-refractivity contribution in [3.63, 3.8) is 0 Å². The van der Waals surface area contributed by atoms with Crippen LogP contribution in [0.2, 0.25) is 0 Å². The fraction of sp³-hybridized carbons (Fsp3) is 1.00. The molecule has 0 bridgehead atoms. The molecule has 0 aliphatic heterocycles. The van der Waals surface area contributed by atoms with Crippen molar-refractivity contribution in [2.24, 2.45) is 0 Å². The van der Waals surface area contributed by atoms with Crippen LogP contribution in [0.25, 0.3) is 0 Å². The van der Waals surface area contributed by atoms with Crippen molar-refractivity contribution in [3.05, 3.63) is 0 Å². The van der Waals surface area contributed by atoms with Crippen LogP contribution in [0.1, 0.15) is 0 Å². The van der Waals surface area contributed by atoms with Gasteiger partial charge in [-0.1, -0.05) is 0 Å². The average molecular weight is 419 g/mol. The van der Waals surface area contributed by atoms with Crippen LogP contribution < -0.4 is 0 Å². The predicted octanol–water partition coefficient (Wildman–Crippen LogP) is -0.544. The first-order valence-corrected chi connectivity index (χ1v) is 10.1. The van der Waals surface area contributed by atoms with E-state index in [1.807, 2.05) is 0 Å². The Morgan fingerprint density at radius 1 is 0.379 bits per heavy atom. The van der Waals surface area contributed by atoms with Gasteiger partial charge in [0.05, 0.1) is 0 Å². The third kappa shape index (κ3) is 5.11. The zero-order chi connectivity index (χ0) is 23.5. The van der Waals surface area contributed by atoms with Crippen molar-refractivity contribution in [3.8, 4) is 0 Å².